The monoisotopic (exact) mass is 313 g/mol. The van der Waals surface area contributed by atoms with E-state index in [2.05, 4.69) is 10.6 Å². The molecule has 1 amide bonds. The van der Waals surface area contributed by atoms with Crippen molar-refractivity contribution >= 4 is 28.9 Å². The molecule has 110 valence electrons. The van der Waals surface area contributed by atoms with E-state index in [1.54, 1.807) is 24.3 Å². The molecule has 0 aromatic heterocycles. The van der Waals surface area contributed by atoms with E-state index >= 15 is 0 Å². The summed E-state index contributed by atoms with van der Waals surface area (Å²) >= 11 is 5.98. The second-order valence-electron chi connectivity index (χ2n) is 4.29. The molecule has 2 aromatic carbocycles. The fourth-order valence-corrected chi connectivity index (χ4v) is 1.81. The highest BCUT2D eigenvalue weighted by Gasteiger charge is 2.09. The number of rotatable bonds is 4. The summed E-state index contributed by atoms with van der Waals surface area (Å²) < 4.78 is 0. The van der Waals surface area contributed by atoms with E-state index in [1.165, 1.54) is 30.5 Å². The number of phenols is 1. The van der Waals surface area contributed by atoms with E-state index < -0.39 is 5.91 Å². The van der Waals surface area contributed by atoms with Crippen molar-refractivity contribution in [3.63, 3.8) is 0 Å². The molecule has 2 aromatic rings. The van der Waals surface area contributed by atoms with Crippen LogP contribution in [0.3, 0.4) is 0 Å². The van der Waals surface area contributed by atoms with Crippen LogP contribution in [0.4, 0.5) is 11.4 Å². The van der Waals surface area contributed by atoms with Gasteiger partial charge in [-0.15, -0.1) is 0 Å². The van der Waals surface area contributed by atoms with E-state index in [-0.39, 0.29) is 11.3 Å². The maximum absolute atomic E-state index is 12.0. The van der Waals surface area contributed by atoms with Gasteiger partial charge in [0, 0.05) is 11.9 Å². The van der Waals surface area contributed by atoms with Crippen LogP contribution in [-0.2, 0) is 4.79 Å². The number of benzene rings is 2. The molecule has 0 fully saturated rings. The Hall–Kier alpha value is -2.97. The number of carbonyl (C=O) groups is 1. The number of nitrogens with one attached hydrogen (secondary N) is 2. The van der Waals surface area contributed by atoms with Crippen molar-refractivity contribution in [2.45, 2.75) is 0 Å². The minimum absolute atomic E-state index is 0.0921. The van der Waals surface area contributed by atoms with Crippen molar-refractivity contribution in [3.8, 4) is 11.8 Å². The van der Waals surface area contributed by atoms with Gasteiger partial charge in [-0.1, -0.05) is 23.7 Å². The number of aromatic hydroxyl groups is 1. The first-order chi connectivity index (χ1) is 10.6. The molecular formula is C16H12ClN3O2. The number of hydrogen-bond donors (Lipinski definition) is 3. The van der Waals surface area contributed by atoms with Crippen molar-refractivity contribution in [1.29, 1.82) is 5.26 Å². The van der Waals surface area contributed by atoms with E-state index in [0.717, 1.165) is 0 Å². The largest absolute Gasteiger partial charge is 0.508 e. The molecule has 0 aliphatic rings. The van der Waals surface area contributed by atoms with Crippen LogP contribution in [0.25, 0.3) is 0 Å². The van der Waals surface area contributed by atoms with Gasteiger partial charge in [-0.3, -0.25) is 4.79 Å². The number of hydrogen-bond acceptors (Lipinski definition) is 4. The predicted octanol–water partition coefficient (Wildman–Crippen LogP) is 3.50. The molecular weight excluding hydrogens is 302 g/mol. The quantitative estimate of drug-likeness (QED) is 0.458. The van der Waals surface area contributed by atoms with E-state index in [4.69, 9.17) is 16.9 Å². The number of nitriles is 1. The normalized spacial score (nSPS) is 10.6. The average molecular weight is 314 g/mol. The maximum Gasteiger partial charge on any atom is 0.267 e. The second kappa shape index (κ2) is 7.16. The molecule has 0 radical (unpaired) electrons. The van der Waals surface area contributed by atoms with E-state index in [0.29, 0.717) is 16.4 Å². The molecule has 0 saturated carbocycles. The van der Waals surface area contributed by atoms with Gasteiger partial charge < -0.3 is 15.7 Å². The Morgan fingerprint density at radius 2 is 1.86 bits per heavy atom. The second-order valence-corrected chi connectivity index (χ2v) is 4.70. The minimum Gasteiger partial charge on any atom is -0.508 e. The fourth-order valence-electron chi connectivity index (χ4n) is 1.62. The lowest BCUT2D eigenvalue weighted by atomic mass is 10.2. The first-order valence-corrected chi connectivity index (χ1v) is 6.69. The van der Waals surface area contributed by atoms with Gasteiger partial charge in [0.2, 0.25) is 0 Å². The summed E-state index contributed by atoms with van der Waals surface area (Å²) in [4.78, 5) is 12.0. The number of phenolic OH excluding ortho intramolecular Hbond substituents is 1. The van der Waals surface area contributed by atoms with Crippen molar-refractivity contribution in [2.24, 2.45) is 0 Å². The third-order valence-corrected chi connectivity index (χ3v) is 3.07. The van der Waals surface area contributed by atoms with Gasteiger partial charge in [-0.05, 0) is 36.4 Å². The number of halogens is 1. The summed E-state index contributed by atoms with van der Waals surface area (Å²) in [6, 6.07) is 14.7. The number of para-hydroxylation sites is 1. The smallest absolute Gasteiger partial charge is 0.267 e. The Labute approximate surface area is 132 Å². The Morgan fingerprint density at radius 3 is 2.50 bits per heavy atom. The first kappa shape index (κ1) is 15.4. The third kappa shape index (κ3) is 4.01. The zero-order valence-electron chi connectivity index (χ0n) is 11.4. The molecule has 0 saturated heterocycles. The van der Waals surface area contributed by atoms with Gasteiger partial charge in [0.05, 0.1) is 10.7 Å². The Morgan fingerprint density at radius 1 is 1.18 bits per heavy atom. The highest BCUT2D eigenvalue weighted by molar-refractivity contribution is 6.33. The number of nitrogens with zero attached hydrogens (tertiary/aromatic N) is 1. The summed E-state index contributed by atoms with van der Waals surface area (Å²) in [5.74, 6) is -0.470. The molecule has 0 bridgehead atoms. The van der Waals surface area contributed by atoms with Crippen LogP contribution in [0.1, 0.15) is 0 Å². The van der Waals surface area contributed by atoms with Crippen molar-refractivity contribution < 1.29 is 9.90 Å². The predicted molar refractivity (Wildman–Crippen MR) is 85.5 cm³/mol. The third-order valence-electron chi connectivity index (χ3n) is 2.74. The zero-order valence-corrected chi connectivity index (χ0v) is 12.1. The Kier molecular flexibility index (Phi) is 5.02. The van der Waals surface area contributed by atoms with Gasteiger partial charge >= 0.3 is 0 Å². The molecule has 0 aliphatic carbocycles. The summed E-state index contributed by atoms with van der Waals surface area (Å²) in [6.45, 7) is 0. The zero-order chi connectivity index (χ0) is 15.9. The average Bonchev–Trinajstić information content (AvgIpc) is 2.52. The van der Waals surface area contributed by atoms with Gasteiger partial charge in [-0.25, -0.2) is 0 Å². The van der Waals surface area contributed by atoms with Gasteiger partial charge in [0.25, 0.3) is 5.91 Å². The highest BCUT2D eigenvalue weighted by atomic mass is 35.5. The Balaban J connectivity index is 2.09. The van der Waals surface area contributed by atoms with Crippen LogP contribution in [0.15, 0.2) is 60.3 Å². The molecule has 0 spiro atoms. The SMILES string of the molecule is N#C/C(=C/Nc1ccccc1Cl)C(=O)Nc1ccc(O)cc1. The number of amides is 1. The number of carbonyl (C=O) groups excluding carboxylic acids is 1. The molecule has 6 heteroatoms. The summed E-state index contributed by atoms with van der Waals surface area (Å²) in [5, 5.41) is 24.1. The molecule has 2 rings (SSSR count). The lowest BCUT2D eigenvalue weighted by Crippen LogP contribution is -2.14. The van der Waals surface area contributed by atoms with Gasteiger partial charge in [0.1, 0.15) is 17.4 Å². The molecule has 0 atom stereocenters. The topological polar surface area (TPSA) is 85.2 Å². The van der Waals surface area contributed by atoms with Gasteiger partial charge in [0.15, 0.2) is 0 Å². The van der Waals surface area contributed by atoms with Crippen LogP contribution in [-0.4, -0.2) is 11.0 Å². The van der Waals surface area contributed by atoms with Crippen LogP contribution < -0.4 is 10.6 Å². The molecule has 5 nitrogen and oxygen atoms in total. The fraction of sp³-hybridized carbons (Fsp3) is 0. The van der Waals surface area contributed by atoms with Crippen LogP contribution in [0, 0.1) is 11.3 Å². The van der Waals surface area contributed by atoms with Crippen LogP contribution in [0.2, 0.25) is 5.02 Å². The molecule has 22 heavy (non-hydrogen) atoms. The van der Waals surface area contributed by atoms with E-state index in [9.17, 15) is 9.90 Å². The molecule has 3 N–H and O–H groups in total. The standard InChI is InChI=1S/C16H12ClN3O2/c17-14-3-1-2-4-15(14)19-10-11(9-18)16(22)20-12-5-7-13(21)8-6-12/h1-8,10,19,21H,(H,20,22)/b11-10-. The van der Waals surface area contributed by atoms with Crippen molar-refractivity contribution in [1.82, 2.24) is 0 Å². The first-order valence-electron chi connectivity index (χ1n) is 6.32. The summed E-state index contributed by atoms with van der Waals surface area (Å²) in [6.07, 6.45) is 1.29. The minimum atomic E-state index is -0.562. The lowest BCUT2D eigenvalue weighted by molar-refractivity contribution is -0.112. The maximum atomic E-state index is 12.0. The van der Waals surface area contributed by atoms with Crippen molar-refractivity contribution in [2.75, 3.05) is 10.6 Å². The molecule has 0 heterocycles. The number of anilines is 2. The highest BCUT2D eigenvalue weighted by Crippen LogP contribution is 2.20. The van der Waals surface area contributed by atoms with Crippen molar-refractivity contribution in [3.05, 3.63) is 65.3 Å². The lowest BCUT2D eigenvalue weighted by Gasteiger charge is -2.06. The van der Waals surface area contributed by atoms with Crippen LogP contribution >= 0.6 is 11.6 Å². The summed E-state index contributed by atoms with van der Waals surface area (Å²) in [5.41, 5.74) is 0.962. The Bertz CT molecular complexity index is 749. The molecule has 0 aliphatic heterocycles. The summed E-state index contributed by atoms with van der Waals surface area (Å²) in [7, 11) is 0. The van der Waals surface area contributed by atoms with Gasteiger partial charge in [-0.2, -0.15) is 5.26 Å². The molecule has 0 unspecified atom stereocenters. The van der Waals surface area contributed by atoms with E-state index in [1.807, 2.05) is 6.07 Å². The van der Waals surface area contributed by atoms with Crippen LogP contribution in [0.5, 0.6) is 5.75 Å².